The molecular weight excluding hydrogens is 361 g/mol. The fraction of sp³-hybridized carbons (Fsp3) is 0.286. The van der Waals surface area contributed by atoms with E-state index in [-0.39, 0.29) is 30.1 Å². The molecule has 1 amide bonds. The van der Waals surface area contributed by atoms with Crippen LogP contribution in [0.3, 0.4) is 0 Å². The number of aromatic carboxylic acids is 1. The second-order valence-electron chi connectivity index (χ2n) is 6.42. The Labute approximate surface area is 163 Å². The molecule has 0 radical (unpaired) electrons. The number of hydrogen-bond donors (Lipinski definition) is 2. The molecule has 0 bridgehead atoms. The van der Waals surface area contributed by atoms with Crippen LogP contribution < -0.4 is 5.32 Å². The molecule has 0 fully saturated rings. The van der Waals surface area contributed by atoms with Crippen LogP contribution in [0.15, 0.2) is 59.5 Å². The van der Waals surface area contributed by atoms with E-state index < -0.39 is 12.6 Å². The highest BCUT2D eigenvalue weighted by Gasteiger charge is 2.15. The summed E-state index contributed by atoms with van der Waals surface area (Å²) >= 11 is 0. The number of rotatable bonds is 9. The Morgan fingerprint density at radius 2 is 1.89 bits per heavy atom. The predicted molar refractivity (Wildman–Crippen MR) is 108 cm³/mol. The summed E-state index contributed by atoms with van der Waals surface area (Å²) in [6, 6.07) is 9.79. The number of carboxylic acids is 1. The molecular formula is C21H24FN3O3. The van der Waals surface area contributed by atoms with Crippen LogP contribution in [0.4, 0.5) is 10.1 Å². The third kappa shape index (κ3) is 6.19. The normalized spacial score (nSPS) is 12.1. The van der Waals surface area contributed by atoms with Crippen molar-refractivity contribution in [1.29, 1.82) is 0 Å². The second kappa shape index (κ2) is 10.2. The van der Waals surface area contributed by atoms with Gasteiger partial charge in [0.2, 0.25) is 5.91 Å². The molecule has 1 aromatic carbocycles. The lowest BCUT2D eigenvalue weighted by molar-refractivity contribution is -0.116. The number of nitrogens with zero attached hydrogens (tertiary/aromatic N) is 2. The lowest BCUT2D eigenvalue weighted by Gasteiger charge is -2.05. The summed E-state index contributed by atoms with van der Waals surface area (Å²) in [5.41, 5.74) is 2.95. The van der Waals surface area contributed by atoms with Crippen molar-refractivity contribution in [2.24, 2.45) is 4.99 Å². The van der Waals surface area contributed by atoms with Gasteiger partial charge in [-0.05, 0) is 25.8 Å². The first-order valence-corrected chi connectivity index (χ1v) is 8.95. The Bertz CT molecular complexity index is 886. The molecule has 2 rings (SSSR count). The van der Waals surface area contributed by atoms with Gasteiger partial charge in [0.1, 0.15) is 12.2 Å². The van der Waals surface area contributed by atoms with Crippen LogP contribution in [0.2, 0.25) is 0 Å². The topological polar surface area (TPSA) is 83.7 Å². The Kier molecular flexibility index (Phi) is 7.68. The smallest absolute Gasteiger partial charge is 0.339 e. The number of nitrogens with one attached hydrogen (secondary N) is 1. The summed E-state index contributed by atoms with van der Waals surface area (Å²) in [6.45, 7) is 3.22. The summed E-state index contributed by atoms with van der Waals surface area (Å²) in [7, 11) is 0. The maximum Gasteiger partial charge on any atom is 0.339 e. The van der Waals surface area contributed by atoms with Crippen molar-refractivity contribution in [2.75, 3.05) is 12.0 Å². The van der Waals surface area contributed by atoms with Crippen LogP contribution in [-0.4, -0.2) is 33.9 Å². The highest BCUT2D eigenvalue weighted by Crippen LogP contribution is 2.18. The van der Waals surface area contributed by atoms with E-state index in [9.17, 15) is 19.1 Å². The Morgan fingerprint density at radius 1 is 1.18 bits per heavy atom. The quantitative estimate of drug-likeness (QED) is 0.632. The van der Waals surface area contributed by atoms with Crippen LogP contribution in [0.5, 0.6) is 0 Å². The zero-order chi connectivity index (χ0) is 20.5. The summed E-state index contributed by atoms with van der Waals surface area (Å²) in [5, 5.41) is 11.8. The first kappa shape index (κ1) is 21.1. The molecule has 0 saturated heterocycles. The molecule has 2 aromatic rings. The maximum atomic E-state index is 12.5. The number of hydrogen-bond acceptors (Lipinski definition) is 3. The van der Waals surface area contributed by atoms with Crippen molar-refractivity contribution >= 4 is 23.3 Å². The fourth-order valence-corrected chi connectivity index (χ4v) is 2.55. The summed E-state index contributed by atoms with van der Waals surface area (Å²) in [6.07, 6.45) is 5.15. The van der Waals surface area contributed by atoms with Gasteiger partial charge in [0.15, 0.2) is 0 Å². The molecule has 0 spiro atoms. The van der Waals surface area contributed by atoms with Gasteiger partial charge in [-0.2, -0.15) is 0 Å². The zero-order valence-corrected chi connectivity index (χ0v) is 16.0. The summed E-state index contributed by atoms with van der Waals surface area (Å²) in [4.78, 5) is 27.9. The molecule has 2 N–H and O–H groups in total. The van der Waals surface area contributed by atoms with Crippen molar-refractivity contribution in [3.63, 3.8) is 0 Å². The molecule has 0 aliphatic rings. The average Bonchev–Trinajstić information content (AvgIpc) is 3.08. The number of aliphatic imine (C=N–C) groups is 1. The first-order valence-electron chi connectivity index (χ1n) is 8.95. The van der Waals surface area contributed by atoms with E-state index in [1.807, 2.05) is 44.2 Å². The average molecular weight is 385 g/mol. The number of halogens is 1. The standard InChI is InChI=1S/C21H24FN3O3/c1-15(12-23-16(2)17-6-4-3-5-7-17)8-9-20(26)24-19-14-25(11-10-22)13-18(19)21(27)28/h3-7,12-14H,8-11H2,1-2H3,(H,24,26)(H,27,28)/b15-12+,23-16?. The van der Waals surface area contributed by atoms with Crippen molar-refractivity contribution in [2.45, 2.75) is 33.2 Å². The van der Waals surface area contributed by atoms with Crippen LogP contribution in [-0.2, 0) is 11.3 Å². The number of amides is 1. The molecule has 0 aliphatic carbocycles. The second-order valence-corrected chi connectivity index (χ2v) is 6.42. The lowest BCUT2D eigenvalue weighted by Crippen LogP contribution is -2.13. The van der Waals surface area contributed by atoms with Crippen LogP contribution >= 0.6 is 0 Å². The Balaban J connectivity index is 1.94. The SMILES string of the molecule is CC(=N/C=C(\C)CCC(=O)Nc1cn(CCF)cc1C(=O)O)c1ccccc1. The van der Waals surface area contributed by atoms with Crippen LogP contribution in [0.25, 0.3) is 0 Å². The number of allylic oxidation sites excluding steroid dienone is 1. The highest BCUT2D eigenvalue weighted by atomic mass is 19.1. The largest absolute Gasteiger partial charge is 0.478 e. The minimum absolute atomic E-state index is 0.0385. The minimum atomic E-state index is -1.17. The predicted octanol–water partition coefficient (Wildman–Crippen LogP) is 4.29. The molecule has 0 saturated carbocycles. The summed E-state index contributed by atoms with van der Waals surface area (Å²) in [5.74, 6) is -1.48. The minimum Gasteiger partial charge on any atom is -0.478 e. The van der Waals surface area contributed by atoms with Gasteiger partial charge < -0.3 is 15.0 Å². The molecule has 1 aromatic heterocycles. The van der Waals surface area contributed by atoms with E-state index in [0.717, 1.165) is 16.8 Å². The summed E-state index contributed by atoms with van der Waals surface area (Å²) < 4.78 is 13.9. The number of carbonyl (C=O) groups is 2. The van der Waals surface area contributed by atoms with Crippen LogP contribution in [0.1, 0.15) is 42.6 Å². The van der Waals surface area contributed by atoms with E-state index in [2.05, 4.69) is 10.3 Å². The van der Waals surface area contributed by atoms with Crippen molar-refractivity contribution in [3.05, 3.63) is 65.6 Å². The molecule has 148 valence electrons. The van der Waals surface area contributed by atoms with E-state index in [1.54, 1.807) is 6.20 Å². The van der Waals surface area contributed by atoms with Gasteiger partial charge in [-0.25, -0.2) is 9.18 Å². The lowest BCUT2D eigenvalue weighted by atomic mass is 10.1. The van der Waals surface area contributed by atoms with Crippen LogP contribution in [0, 0.1) is 0 Å². The van der Waals surface area contributed by atoms with Gasteiger partial charge in [0, 0.05) is 30.7 Å². The zero-order valence-electron chi connectivity index (χ0n) is 16.0. The monoisotopic (exact) mass is 385 g/mol. The first-order chi connectivity index (χ1) is 13.4. The number of carboxylic acid groups (broad SMARTS) is 1. The van der Waals surface area contributed by atoms with Gasteiger partial charge in [-0.3, -0.25) is 9.79 Å². The number of benzene rings is 1. The number of anilines is 1. The molecule has 0 unspecified atom stereocenters. The molecule has 1 heterocycles. The van der Waals surface area contributed by atoms with E-state index in [4.69, 9.17) is 0 Å². The van der Waals surface area contributed by atoms with Gasteiger partial charge in [-0.1, -0.05) is 35.9 Å². The Hall–Kier alpha value is -3.22. The number of alkyl halides is 1. The van der Waals surface area contributed by atoms with Gasteiger partial charge >= 0.3 is 5.97 Å². The van der Waals surface area contributed by atoms with Crippen molar-refractivity contribution < 1.29 is 19.1 Å². The highest BCUT2D eigenvalue weighted by molar-refractivity contribution is 6.00. The Morgan fingerprint density at radius 3 is 2.54 bits per heavy atom. The number of aryl methyl sites for hydroxylation is 1. The number of carbonyl (C=O) groups excluding carboxylic acids is 1. The maximum absolute atomic E-state index is 12.5. The fourth-order valence-electron chi connectivity index (χ4n) is 2.55. The molecule has 28 heavy (non-hydrogen) atoms. The van der Waals surface area contributed by atoms with Crippen molar-refractivity contribution in [3.8, 4) is 0 Å². The third-order valence-corrected chi connectivity index (χ3v) is 4.14. The molecule has 7 heteroatoms. The molecule has 0 atom stereocenters. The van der Waals surface area contributed by atoms with E-state index in [0.29, 0.717) is 6.42 Å². The van der Waals surface area contributed by atoms with Gasteiger partial charge in [-0.15, -0.1) is 0 Å². The number of aromatic nitrogens is 1. The van der Waals surface area contributed by atoms with Gasteiger partial charge in [0.05, 0.1) is 12.2 Å². The van der Waals surface area contributed by atoms with Crippen molar-refractivity contribution in [1.82, 2.24) is 4.57 Å². The molecule has 6 nitrogen and oxygen atoms in total. The van der Waals surface area contributed by atoms with E-state index in [1.165, 1.54) is 17.0 Å². The third-order valence-electron chi connectivity index (χ3n) is 4.14. The molecule has 0 aliphatic heterocycles. The van der Waals surface area contributed by atoms with E-state index >= 15 is 0 Å². The van der Waals surface area contributed by atoms with Gasteiger partial charge in [0.25, 0.3) is 0 Å².